The van der Waals surface area contributed by atoms with Crippen LogP contribution < -0.4 is 4.90 Å². The van der Waals surface area contributed by atoms with Crippen molar-refractivity contribution in [2.75, 3.05) is 4.90 Å². The molecule has 1 aromatic heterocycles. The highest BCUT2D eigenvalue weighted by atomic mass is 15.2. The van der Waals surface area contributed by atoms with Gasteiger partial charge in [-0.2, -0.15) is 0 Å². The Morgan fingerprint density at radius 2 is 1.00 bits per heavy atom. The van der Waals surface area contributed by atoms with Gasteiger partial charge in [-0.25, -0.2) is 0 Å². The maximum Gasteiger partial charge on any atom is 0.0563 e. The van der Waals surface area contributed by atoms with Crippen molar-refractivity contribution in [3.05, 3.63) is 130 Å². The van der Waals surface area contributed by atoms with Crippen molar-refractivity contribution >= 4 is 17.1 Å². The molecular weight excluding hydrogens is 424 g/mol. The summed E-state index contributed by atoms with van der Waals surface area (Å²) in [7, 11) is 0. The molecule has 164 valence electrons. The number of aromatic nitrogens is 1. The van der Waals surface area contributed by atoms with Gasteiger partial charge in [0, 0.05) is 25.2 Å². The molecule has 35 heavy (non-hydrogen) atoms. The quantitative estimate of drug-likeness (QED) is 0.240. The van der Waals surface area contributed by atoms with E-state index in [9.17, 15) is 0 Å². The standard InChI is InChI=1S/C33H22N2/c1-3-7-25-19(5-1)13-21-9-11-29-27(31(21)25)15-23-17-34-18-24-16-28-30(35(29)33(23)24)12-10-22-14-20-6-2-4-8-26(20)32(22)28/h1-12,17-18H,13-16H2. The van der Waals surface area contributed by atoms with Gasteiger partial charge in [-0.3, -0.25) is 4.98 Å². The molecule has 4 aliphatic rings. The maximum absolute atomic E-state index is 4.73. The molecule has 9 rings (SSSR count). The lowest BCUT2D eigenvalue weighted by Gasteiger charge is -2.40. The minimum atomic E-state index is 0.947. The van der Waals surface area contributed by atoms with E-state index in [0.29, 0.717) is 0 Å². The Kier molecular flexibility index (Phi) is 3.27. The molecule has 0 spiro atoms. The van der Waals surface area contributed by atoms with Crippen LogP contribution in [0.4, 0.5) is 17.1 Å². The van der Waals surface area contributed by atoms with Crippen molar-refractivity contribution in [3.63, 3.8) is 0 Å². The highest BCUT2D eigenvalue weighted by molar-refractivity contribution is 5.97. The first-order valence-corrected chi connectivity index (χ1v) is 12.6. The fourth-order valence-electron chi connectivity index (χ4n) is 7.20. The molecule has 2 heteroatoms. The van der Waals surface area contributed by atoms with Crippen LogP contribution >= 0.6 is 0 Å². The lowest BCUT2D eigenvalue weighted by Crippen LogP contribution is -2.26. The van der Waals surface area contributed by atoms with E-state index in [-0.39, 0.29) is 0 Å². The number of benzene rings is 4. The summed E-state index contributed by atoms with van der Waals surface area (Å²) >= 11 is 0. The van der Waals surface area contributed by atoms with Gasteiger partial charge in [0.05, 0.1) is 17.1 Å². The van der Waals surface area contributed by atoms with E-state index in [2.05, 4.69) is 90.1 Å². The van der Waals surface area contributed by atoms with Crippen LogP contribution in [-0.2, 0) is 25.7 Å². The highest BCUT2D eigenvalue weighted by Crippen LogP contribution is 2.56. The Labute approximate surface area is 204 Å². The number of rotatable bonds is 0. The third kappa shape index (κ3) is 2.23. The van der Waals surface area contributed by atoms with Crippen LogP contribution in [0.5, 0.6) is 0 Å². The first-order valence-electron chi connectivity index (χ1n) is 12.6. The number of hydrogen-bond donors (Lipinski definition) is 0. The number of pyridine rings is 1. The average molecular weight is 447 g/mol. The minimum Gasteiger partial charge on any atom is -0.309 e. The van der Waals surface area contributed by atoms with E-state index in [1.54, 1.807) is 0 Å². The van der Waals surface area contributed by atoms with Crippen LogP contribution in [0.15, 0.2) is 85.2 Å². The molecule has 5 aromatic rings. The Morgan fingerprint density at radius 1 is 0.486 bits per heavy atom. The first kappa shape index (κ1) is 18.2. The van der Waals surface area contributed by atoms with Crippen molar-refractivity contribution in [3.8, 4) is 22.3 Å². The third-order valence-corrected chi connectivity index (χ3v) is 8.59. The van der Waals surface area contributed by atoms with Crippen LogP contribution in [0.2, 0.25) is 0 Å². The third-order valence-electron chi connectivity index (χ3n) is 8.59. The topological polar surface area (TPSA) is 16.1 Å². The molecule has 0 saturated heterocycles. The summed E-state index contributed by atoms with van der Waals surface area (Å²) in [5.41, 5.74) is 21.2. The van der Waals surface area contributed by atoms with Gasteiger partial charge < -0.3 is 4.90 Å². The minimum absolute atomic E-state index is 0.947. The summed E-state index contributed by atoms with van der Waals surface area (Å²) in [6, 6.07) is 27.4. The molecular formula is C33H22N2. The van der Waals surface area contributed by atoms with Crippen LogP contribution in [0, 0.1) is 0 Å². The second-order valence-corrected chi connectivity index (χ2v) is 10.4. The van der Waals surface area contributed by atoms with Gasteiger partial charge in [-0.1, -0.05) is 60.7 Å². The van der Waals surface area contributed by atoms with Gasteiger partial charge in [-0.05, 0) is 91.7 Å². The molecule has 2 aliphatic heterocycles. The van der Waals surface area contributed by atoms with Crippen LogP contribution in [0.3, 0.4) is 0 Å². The van der Waals surface area contributed by atoms with Gasteiger partial charge >= 0.3 is 0 Å². The van der Waals surface area contributed by atoms with Crippen molar-refractivity contribution in [1.29, 1.82) is 0 Å². The molecule has 0 amide bonds. The van der Waals surface area contributed by atoms with Crippen LogP contribution in [0.25, 0.3) is 22.3 Å². The molecule has 0 unspecified atom stereocenters. The highest BCUT2D eigenvalue weighted by Gasteiger charge is 2.37. The molecule has 3 heterocycles. The summed E-state index contributed by atoms with van der Waals surface area (Å²) in [5, 5.41) is 0. The zero-order chi connectivity index (χ0) is 22.7. The number of nitrogens with zero attached hydrogens (tertiary/aromatic N) is 2. The molecule has 2 aliphatic carbocycles. The number of fused-ring (bicyclic) bond motifs is 12. The van der Waals surface area contributed by atoms with E-state index in [1.807, 2.05) is 0 Å². The second-order valence-electron chi connectivity index (χ2n) is 10.4. The van der Waals surface area contributed by atoms with Gasteiger partial charge in [-0.15, -0.1) is 0 Å². The van der Waals surface area contributed by atoms with Crippen LogP contribution in [0.1, 0.15) is 44.5 Å². The largest absolute Gasteiger partial charge is 0.309 e. The first-order chi connectivity index (χ1) is 17.3. The zero-order valence-corrected chi connectivity index (χ0v) is 19.3. The number of hydrogen-bond acceptors (Lipinski definition) is 2. The number of anilines is 3. The zero-order valence-electron chi connectivity index (χ0n) is 19.3. The summed E-state index contributed by atoms with van der Waals surface area (Å²) in [5.74, 6) is 0. The predicted molar refractivity (Wildman–Crippen MR) is 141 cm³/mol. The molecule has 0 N–H and O–H groups in total. The fraction of sp³-hybridized carbons (Fsp3) is 0.121. The molecule has 0 bridgehead atoms. The van der Waals surface area contributed by atoms with E-state index in [1.165, 1.54) is 83.8 Å². The molecule has 0 atom stereocenters. The predicted octanol–water partition coefficient (Wildman–Crippen LogP) is 7.50. The van der Waals surface area contributed by atoms with Crippen molar-refractivity contribution in [1.82, 2.24) is 4.98 Å². The average Bonchev–Trinajstić information content (AvgIpc) is 3.47. The smallest absolute Gasteiger partial charge is 0.0563 e. The van der Waals surface area contributed by atoms with Crippen LogP contribution in [-0.4, -0.2) is 4.98 Å². The molecule has 0 radical (unpaired) electrons. The lowest BCUT2D eigenvalue weighted by atomic mass is 9.83. The lowest BCUT2D eigenvalue weighted by molar-refractivity contribution is 0.985. The summed E-state index contributed by atoms with van der Waals surface area (Å²) in [6.45, 7) is 0. The Bertz CT molecular complexity index is 1630. The summed E-state index contributed by atoms with van der Waals surface area (Å²) in [4.78, 5) is 7.29. The van der Waals surface area contributed by atoms with E-state index >= 15 is 0 Å². The monoisotopic (exact) mass is 446 g/mol. The maximum atomic E-state index is 4.73. The Morgan fingerprint density at radius 3 is 1.54 bits per heavy atom. The molecule has 2 nitrogen and oxygen atoms in total. The van der Waals surface area contributed by atoms with Gasteiger partial charge in [0.2, 0.25) is 0 Å². The molecule has 0 fully saturated rings. The Balaban J connectivity index is 1.35. The van der Waals surface area contributed by atoms with Gasteiger partial charge in [0.15, 0.2) is 0 Å². The fourth-order valence-corrected chi connectivity index (χ4v) is 7.20. The van der Waals surface area contributed by atoms with Crippen molar-refractivity contribution in [2.45, 2.75) is 25.7 Å². The van der Waals surface area contributed by atoms with E-state index in [0.717, 1.165) is 25.7 Å². The summed E-state index contributed by atoms with van der Waals surface area (Å²) < 4.78 is 0. The van der Waals surface area contributed by atoms with E-state index < -0.39 is 0 Å². The normalized spacial score (nSPS) is 14.9. The molecule has 0 saturated carbocycles. The van der Waals surface area contributed by atoms with Crippen molar-refractivity contribution in [2.24, 2.45) is 0 Å². The second kappa shape index (κ2) is 6.28. The van der Waals surface area contributed by atoms with Crippen molar-refractivity contribution < 1.29 is 0 Å². The Hall–Kier alpha value is -4.17. The van der Waals surface area contributed by atoms with Gasteiger partial charge in [0.25, 0.3) is 0 Å². The SMILES string of the molecule is c1ccc2c(c1)Cc1ccc3c(c1-2)Cc1cncc2c1N3c1ccc3c(c1C2)-c1ccccc1C3. The summed E-state index contributed by atoms with van der Waals surface area (Å²) in [6.07, 6.45) is 8.16. The van der Waals surface area contributed by atoms with E-state index in [4.69, 9.17) is 4.98 Å². The van der Waals surface area contributed by atoms with Gasteiger partial charge in [0.1, 0.15) is 0 Å². The molecule has 4 aromatic carbocycles.